The smallest absolute Gasteiger partial charge is 0.174 e. The molecule has 0 fully saturated rings. The second-order valence-corrected chi connectivity index (χ2v) is 3.74. The van der Waals surface area contributed by atoms with Gasteiger partial charge in [0.2, 0.25) is 0 Å². The Kier molecular flexibility index (Phi) is 4.32. The number of pyridine rings is 1. The molecule has 0 saturated heterocycles. The summed E-state index contributed by atoms with van der Waals surface area (Å²) in [6.45, 7) is 2.92. The van der Waals surface area contributed by atoms with E-state index in [0.717, 1.165) is 17.8 Å². The number of nitrogen functional groups attached to an aromatic ring is 1. The lowest BCUT2D eigenvalue weighted by Gasteiger charge is -2.00. The minimum absolute atomic E-state index is 0. The molecule has 84 valence electrons. The third kappa shape index (κ3) is 2.97. The standard InChI is InChI=1S/C13H14N2.ClH/c1-11-9-15(8-7-13(11)14)10-12-5-3-2-4-6-12;/h2-9,14H,10H2,1H3;1H. The number of benzene rings is 1. The maximum atomic E-state index is 5.77. The van der Waals surface area contributed by atoms with Crippen molar-refractivity contribution in [3.8, 4) is 0 Å². The van der Waals surface area contributed by atoms with Gasteiger partial charge in [0.15, 0.2) is 18.9 Å². The van der Waals surface area contributed by atoms with E-state index in [-0.39, 0.29) is 12.4 Å². The molecule has 2 aromatic rings. The van der Waals surface area contributed by atoms with Gasteiger partial charge >= 0.3 is 0 Å². The third-order valence-electron chi connectivity index (χ3n) is 2.47. The average Bonchev–Trinajstić information content (AvgIpc) is 2.25. The predicted molar refractivity (Wildman–Crippen MR) is 61.3 cm³/mol. The van der Waals surface area contributed by atoms with Crippen LogP contribution in [-0.4, -0.2) is 0 Å². The predicted octanol–water partition coefficient (Wildman–Crippen LogP) is -1.08. The molecule has 0 atom stereocenters. The zero-order valence-electron chi connectivity index (χ0n) is 9.23. The molecule has 0 saturated carbocycles. The van der Waals surface area contributed by atoms with E-state index in [4.69, 9.17) is 5.73 Å². The van der Waals surface area contributed by atoms with Crippen LogP contribution < -0.4 is 22.7 Å². The van der Waals surface area contributed by atoms with Crippen molar-refractivity contribution in [1.82, 2.24) is 0 Å². The molecule has 0 unspecified atom stereocenters. The summed E-state index contributed by atoms with van der Waals surface area (Å²) in [6, 6.07) is 12.3. The van der Waals surface area contributed by atoms with Gasteiger partial charge in [-0.05, 0) is 6.92 Å². The van der Waals surface area contributed by atoms with Crippen LogP contribution in [0, 0.1) is 6.92 Å². The van der Waals surface area contributed by atoms with E-state index in [1.165, 1.54) is 5.56 Å². The lowest BCUT2D eigenvalue weighted by Crippen LogP contribution is -3.00. The Balaban J connectivity index is 0.00000128. The molecule has 0 bridgehead atoms. The Morgan fingerprint density at radius 1 is 1.12 bits per heavy atom. The van der Waals surface area contributed by atoms with E-state index >= 15 is 0 Å². The van der Waals surface area contributed by atoms with Crippen molar-refractivity contribution in [3.63, 3.8) is 0 Å². The molecule has 16 heavy (non-hydrogen) atoms. The molecule has 0 spiro atoms. The molecular weight excluding hydrogens is 220 g/mol. The van der Waals surface area contributed by atoms with Gasteiger partial charge in [-0.3, -0.25) is 0 Å². The van der Waals surface area contributed by atoms with Gasteiger partial charge < -0.3 is 18.1 Å². The molecule has 1 heterocycles. The minimum atomic E-state index is 0. The summed E-state index contributed by atoms with van der Waals surface area (Å²) in [5, 5.41) is 0. The second kappa shape index (κ2) is 5.52. The van der Waals surface area contributed by atoms with Crippen LogP contribution >= 0.6 is 0 Å². The first-order chi connectivity index (χ1) is 7.25. The van der Waals surface area contributed by atoms with E-state index in [2.05, 4.69) is 35.0 Å². The van der Waals surface area contributed by atoms with Crippen LogP contribution in [0.15, 0.2) is 48.8 Å². The maximum Gasteiger partial charge on any atom is 0.174 e. The van der Waals surface area contributed by atoms with E-state index in [9.17, 15) is 0 Å². The first-order valence-electron chi connectivity index (χ1n) is 5.05. The lowest BCUT2D eigenvalue weighted by atomic mass is 10.2. The summed E-state index contributed by atoms with van der Waals surface area (Å²) in [5.41, 5.74) is 9.03. The Bertz CT molecular complexity index is 455. The average molecular weight is 235 g/mol. The molecule has 2 nitrogen and oxygen atoms in total. The highest BCUT2D eigenvalue weighted by Gasteiger charge is 2.04. The van der Waals surface area contributed by atoms with Crippen LogP contribution in [-0.2, 0) is 6.54 Å². The quantitative estimate of drug-likeness (QED) is 0.659. The summed E-state index contributed by atoms with van der Waals surface area (Å²) in [7, 11) is 0. The molecule has 0 amide bonds. The van der Waals surface area contributed by atoms with Gasteiger partial charge in [-0.1, -0.05) is 30.3 Å². The SMILES string of the molecule is Cc1c[n+](Cc2ccccc2)ccc1N.[Cl-]. The highest BCUT2D eigenvalue weighted by atomic mass is 35.5. The molecule has 0 aliphatic rings. The summed E-state index contributed by atoms with van der Waals surface area (Å²) < 4.78 is 2.14. The van der Waals surface area contributed by atoms with Gasteiger partial charge in [0.25, 0.3) is 0 Å². The third-order valence-corrected chi connectivity index (χ3v) is 2.47. The van der Waals surface area contributed by atoms with Gasteiger partial charge in [-0.15, -0.1) is 0 Å². The van der Waals surface area contributed by atoms with Crippen molar-refractivity contribution in [2.45, 2.75) is 13.5 Å². The molecule has 2 rings (SSSR count). The van der Waals surface area contributed by atoms with Crippen LogP contribution in [0.4, 0.5) is 5.69 Å². The number of halogens is 1. The van der Waals surface area contributed by atoms with Crippen molar-refractivity contribution >= 4 is 5.69 Å². The molecular formula is C13H15ClN2. The van der Waals surface area contributed by atoms with Crippen molar-refractivity contribution in [1.29, 1.82) is 0 Å². The number of aryl methyl sites for hydroxylation is 1. The molecule has 1 aromatic carbocycles. The van der Waals surface area contributed by atoms with Gasteiger partial charge in [0, 0.05) is 22.9 Å². The first-order valence-corrected chi connectivity index (χ1v) is 5.05. The van der Waals surface area contributed by atoms with Crippen LogP contribution in [0.2, 0.25) is 0 Å². The van der Waals surface area contributed by atoms with Crippen LogP contribution in [0.25, 0.3) is 0 Å². The van der Waals surface area contributed by atoms with Crippen LogP contribution in [0.3, 0.4) is 0 Å². The second-order valence-electron chi connectivity index (χ2n) is 3.74. The van der Waals surface area contributed by atoms with Crippen molar-refractivity contribution in [2.75, 3.05) is 5.73 Å². The van der Waals surface area contributed by atoms with E-state index < -0.39 is 0 Å². The van der Waals surface area contributed by atoms with Gasteiger partial charge in [0.1, 0.15) is 0 Å². The Morgan fingerprint density at radius 2 is 1.81 bits per heavy atom. The van der Waals surface area contributed by atoms with Crippen LogP contribution in [0.5, 0.6) is 0 Å². The Morgan fingerprint density at radius 3 is 2.44 bits per heavy atom. The summed E-state index contributed by atoms with van der Waals surface area (Å²) in [4.78, 5) is 0. The fourth-order valence-corrected chi connectivity index (χ4v) is 1.57. The molecule has 2 N–H and O–H groups in total. The van der Waals surface area contributed by atoms with Crippen molar-refractivity contribution < 1.29 is 17.0 Å². The number of hydrogen-bond donors (Lipinski definition) is 1. The van der Waals surface area contributed by atoms with E-state index in [0.29, 0.717) is 0 Å². The van der Waals surface area contributed by atoms with Gasteiger partial charge in [-0.2, -0.15) is 0 Å². The highest BCUT2D eigenvalue weighted by molar-refractivity contribution is 5.41. The normalized spacial score (nSPS) is 9.56. The van der Waals surface area contributed by atoms with Crippen molar-refractivity contribution in [3.05, 3.63) is 59.9 Å². The zero-order chi connectivity index (χ0) is 10.7. The fourth-order valence-electron chi connectivity index (χ4n) is 1.57. The van der Waals surface area contributed by atoms with E-state index in [1.807, 2.05) is 25.3 Å². The number of nitrogens with two attached hydrogens (primary N) is 1. The zero-order valence-corrected chi connectivity index (χ0v) is 9.98. The topological polar surface area (TPSA) is 29.9 Å². The number of rotatable bonds is 2. The van der Waals surface area contributed by atoms with E-state index in [1.54, 1.807) is 0 Å². The largest absolute Gasteiger partial charge is 1.00 e. The highest BCUT2D eigenvalue weighted by Crippen LogP contribution is 2.05. The molecule has 3 heteroatoms. The lowest BCUT2D eigenvalue weighted by molar-refractivity contribution is -0.688. The van der Waals surface area contributed by atoms with Crippen molar-refractivity contribution in [2.24, 2.45) is 0 Å². The summed E-state index contributed by atoms with van der Waals surface area (Å²) >= 11 is 0. The summed E-state index contributed by atoms with van der Waals surface area (Å²) in [6.07, 6.45) is 4.08. The molecule has 0 aliphatic heterocycles. The van der Waals surface area contributed by atoms with Gasteiger partial charge in [0.05, 0.1) is 0 Å². The minimum Gasteiger partial charge on any atom is -1.00 e. The molecule has 0 radical (unpaired) electrons. The molecule has 0 aliphatic carbocycles. The summed E-state index contributed by atoms with van der Waals surface area (Å²) in [5.74, 6) is 0. The number of aromatic nitrogens is 1. The Labute approximate surface area is 102 Å². The monoisotopic (exact) mass is 234 g/mol. The Hall–Kier alpha value is -1.54. The van der Waals surface area contributed by atoms with Gasteiger partial charge in [-0.25, -0.2) is 4.57 Å². The fraction of sp³-hybridized carbons (Fsp3) is 0.154. The van der Waals surface area contributed by atoms with Crippen LogP contribution in [0.1, 0.15) is 11.1 Å². The number of anilines is 1. The maximum absolute atomic E-state index is 5.77. The number of hydrogen-bond acceptors (Lipinski definition) is 1. The number of nitrogens with zero attached hydrogens (tertiary/aromatic N) is 1. The first kappa shape index (κ1) is 12.5. The molecule has 1 aromatic heterocycles.